The number of anilines is 1. The molecule has 0 bridgehead atoms. The molecule has 4 nitrogen and oxygen atoms in total. The third-order valence-corrected chi connectivity index (χ3v) is 3.57. The van der Waals surface area contributed by atoms with Gasteiger partial charge >= 0.3 is 0 Å². The second kappa shape index (κ2) is 6.62. The van der Waals surface area contributed by atoms with E-state index in [1.54, 1.807) is 38.4 Å². The van der Waals surface area contributed by atoms with Gasteiger partial charge in [0, 0.05) is 12.7 Å². The molecule has 4 heteroatoms. The van der Waals surface area contributed by atoms with Crippen LogP contribution >= 0.6 is 0 Å². The molecule has 1 atom stereocenters. The third-order valence-electron chi connectivity index (χ3n) is 3.57. The van der Waals surface area contributed by atoms with Crippen molar-refractivity contribution in [1.29, 1.82) is 0 Å². The number of likely N-dealkylation sites (N-methyl/N-ethyl adjacent to an activating group) is 1. The number of carbonyl (C=O) groups excluding carboxylic acids is 1. The molecule has 0 aliphatic heterocycles. The second-order valence-electron chi connectivity index (χ2n) is 5.42. The van der Waals surface area contributed by atoms with Crippen LogP contribution in [-0.4, -0.2) is 25.2 Å². The van der Waals surface area contributed by atoms with Gasteiger partial charge in [0.15, 0.2) is 6.10 Å². The molecule has 0 fully saturated rings. The smallest absolute Gasteiger partial charge is 0.260 e. The van der Waals surface area contributed by atoms with Crippen molar-refractivity contribution in [2.75, 3.05) is 19.1 Å². The van der Waals surface area contributed by atoms with E-state index in [-0.39, 0.29) is 5.91 Å². The standard InChI is InChI=1S/C18H21NO3/c1-12-8-13(2)10-15(9-12)19(3)18(21)17(20)14-6-5-7-16(11-14)22-4/h5-11,17,20H,1-4H3. The minimum Gasteiger partial charge on any atom is -0.497 e. The van der Waals surface area contributed by atoms with Crippen molar-refractivity contribution in [3.05, 3.63) is 59.2 Å². The Morgan fingerprint density at radius 1 is 1.14 bits per heavy atom. The van der Waals surface area contributed by atoms with E-state index in [0.29, 0.717) is 11.3 Å². The van der Waals surface area contributed by atoms with Gasteiger partial charge in [-0.3, -0.25) is 4.79 Å². The van der Waals surface area contributed by atoms with Gasteiger partial charge in [-0.1, -0.05) is 18.2 Å². The molecular weight excluding hydrogens is 278 g/mol. The first-order valence-corrected chi connectivity index (χ1v) is 7.10. The molecule has 1 N–H and O–H groups in total. The number of carbonyl (C=O) groups is 1. The Hall–Kier alpha value is -2.33. The number of amides is 1. The first-order chi connectivity index (χ1) is 10.4. The molecule has 1 unspecified atom stereocenters. The number of rotatable bonds is 4. The van der Waals surface area contributed by atoms with Crippen molar-refractivity contribution in [2.45, 2.75) is 20.0 Å². The number of hydrogen-bond acceptors (Lipinski definition) is 3. The molecule has 2 aromatic carbocycles. The zero-order valence-corrected chi connectivity index (χ0v) is 13.3. The lowest BCUT2D eigenvalue weighted by Crippen LogP contribution is -2.31. The summed E-state index contributed by atoms with van der Waals surface area (Å²) in [4.78, 5) is 14.0. The van der Waals surface area contributed by atoms with E-state index in [1.807, 2.05) is 32.0 Å². The molecule has 0 heterocycles. The highest BCUT2D eigenvalue weighted by Gasteiger charge is 2.23. The van der Waals surface area contributed by atoms with Gasteiger partial charge in [-0.25, -0.2) is 0 Å². The van der Waals surface area contributed by atoms with E-state index in [9.17, 15) is 9.90 Å². The summed E-state index contributed by atoms with van der Waals surface area (Å²) in [5.41, 5.74) is 3.43. The summed E-state index contributed by atoms with van der Waals surface area (Å²) in [6, 6.07) is 12.8. The number of methoxy groups -OCH3 is 1. The van der Waals surface area contributed by atoms with E-state index in [4.69, 9.17) is 4.74 Å². The fourth-order valence-corrected chi connectivity index (χ4v) is 2.41. The van der Waals surface area contributed by atoms with Crippen molar-refractivity contribution < 1.29 is 14.6 Å². The molecule has 0 aromatic heterocycles. The largest absolute Gasteiger partial charge is 0.497 e. The Kier molecular flexibility index (Phi) is 4.83. The van der Waals surface area contributed by atoms with Crippen LogP contribution in [0, 0.1) is 13.8 Å². The van der Waals surface area contributed by atoms with Crippen LogP contribution in [0.25, 0.3) is 0 Å². The first-order valence-electron chi connectivity index (χ1n) is 7.10. The highest BCUT2D eigenvalue weighted by atomic mass is 16.5. The summed E-state index contributed by atoms with van der Waals surface area (Å²) in [7, 11) is 3.22. The summed E-state index contributed by atoms with van der Waals surface area (Å²) in [5, 5.41) is 10.3. The van der Waals surface area contributed by atoms with Crippen LogP contribution in [0.5, 0.6) is 5.75 Å². The Labute approximate surface area is 131 Å². The lowest BCUT2D eigenvalue weighted by atomic mass is 10.1. The van der Waals surface area contributed by atoms with Crippen LogP contribution in [0.3, 0.4) is 0 Å². The summed E-state index contributed by atoms with van der Waals surface area (Å²) in [6.07, 6.45) is -1.22. The van der Waals surface area contributed by atoms with Crippen LogP contribution in [0.15, 0.2) is 42.5 Å². The normalized spacial score (nSPS) is 11.9. The van der Waals surface area contributed by atoms with Crippen molar-refractivity contribution in [2.24, 2.45) is 0 Å². The van der Waals surface area contributed by atoms with E-state index in [1.165, 1.54) is 4.90 Å². The molecule has 0 saturated heterocycles. The molecule has 116 valence electrons. The molecule has 0 aliphatic rings. The van der Waals surface area contributed by atoms with Gasteiger partial charge in [0.25, 0.3) is 5.91 Å². The number of benzene rings is 2. The fourth-order valence-electron chi connectivity index (χ4n) is 2.41. The van der Waals surface area contributed by atoms with Crippen LogP contribution in [-0.2, 0) is 4.79 Å². The summed E-state index contributed by atoms with van der Waals surface area (Å²) < 4.78 is 5.13. The number of ether oxygens (including phenoxy) is 1. The zero-order valence-electron chi connectivity index (χ0n) is 13.3. The van der Waals surface area contributed by atoms with Gasteiger partial charge in [0.2, 0.25) is 0 Å². The summed E-state index contributed by atoms with van der Waals surface area (Å²) in [5.74, 6) is 0.233. The quantitative estimate of drug-likeness (QED) is 0.944. The van der Waals surface area contributed by atoms with Crippen LogP contribution < -0.4 is 9.64 Å². The zero-order chi connectivity index (χ0) is 16.3. The predicted octanol–water partition coefficient (Wildman–Crippen LogP) is 3.01. The minimum atomic E-state index is -1.22. The number of hydrogen-bond donors (Lipinski definition) is 1. The van der Waals surface area contributed by atoms with Gasteiger partial charge in [0.1, 0.15) is 5.75 Å². The maximum atomic E-state index is 12.5. The van der Waals surface area contributed by atoms with Gasteiger partial charge < -0.3 is 14.7 Å². The minimum absolute atomic E-state index is 0.377. The van der Waals surface area contributed by atoms with Gasteiger partial charge in [-0.2, -0.15) is 0 Å². The maximum Gasteiger partial charge on any atom is 0.260 e. The molecule has 0 saturated carbocycles. The molecule has 0 aliphatic carbocycles. The highest BCUT2D eigenvalue weighted by molar-refractivity contribution is 5.96. The molecule has 1 amide bonds. The first kappa shape index (κ1) is 16.0. The predicted molar refractivity (Wildman–Crippen MR) is 87.3 cm³/mol. The van der Waals surface area contributed by atoms with Crippen molar-refractivity contribution in [3.8, 4) is 5.75 Å². The fraction of sp³-hybridized carbons (Fsp3) is 0.278. The van der Waals surface area contributed by atoms with Crippen molar-refractivity contribution >= 4 is 11.6 Å². The summed E-state index contributed by atoms with van der Waals surface area (Å²) in [6.45, 7) is 3.96. The van der Waals surface area contributed by atoms with E-state index < -0.39 is 6.10 Å². The summed E-state index contributed by atoms with van der Waals surface area (Å²) >= 11 is 0. The number of aliphatic hydroxyl groups is 1. The SMILES string of the molecule is COc1cccc(C(O)C(=O)N(C)c2cc(C)cc(C)c2)c1. The monoisotopic (exact) mass is 299 g/mol. The van der Waals surface area contributed by atoms with Gasteiger partial charge in [-0.05, 0) is 54.8 Å². The van der Waals surface area contributed by atoms with E-state index in [0.717, 1.165) is 16.8 Å². The lowest BCUT2D eigenvalue weighted by Gasteiger charge is -2.22. The molecule has 0 radical (unpaired) electrons. The average Bonchev–Trinajstić information content (AvgIpc) is 2.51. The molecule has 2 rings (SSSR count). The highest BCUT2D eigenvalue weighted by Crippen LogP contribution is 2.24. The molecule has 2 aromatic rings. The number of aliphatic hydroxyl groups excluding tert-OH is 1. The van der Waals surface area contributed by atoms with Crippen LogP contribution in [0.2, 0.25) is 0 Å². The van der Waals surface area contributed by atoms with Crippen molar-refractivity contribution in [3.63, 3.8) is 0 Å². The number of aryl methyl sites for hydroxylation is 2. The van der Waals surface area contributed by atoms with Crippen molar-refractivity contribution in [1.82, 2.24) is 0 Å². The van der Waals surface area contributed by atoms with E-state index in [2.05, 4.69) is 0 Å². The Bertz CT molecular complexity index is 662. The number of nitrogens with zero attached hydrogens (tertiary/aromatic N) is 1. The Morgan fingerprint density at radius 3 is 2.36 bits per heavy atom. The average molecular weight is 299 g/mol. The maximum absolute atomic E-state index is 12.5. The molecule has 0 spiro atoms. The molecule has 22 heavy (non-hydrogen) atoms. The van der Waals surface area contributed by atoms with E-state index >= 15 is 0 Å². The van der Waals surface area contributed by atoms with Gasteiger partial charge in [0.05, 0.1) is 7.11 Å². The Morgan fingerprint density at radius 2 is 1.77 bits per heavy atom. The van der Waals surface area contributed by atoms with Crippen LogP contribution in [0.4, 0.5) is 5.69 Å². The van der Waals surface area contributed by atoms with Crippen LogP contribution in [0.1, 0.15) is 22.8 Å². The Balaban J connectivity index is 2.25. The lowest BCUT2D eigenvalue weighted by molar-refractivity contribution is -0.126. The topological polar surface area (TPSA) is 49.8 Å². The molecular formula is C18H21NO3. The third kappa shape index (κ3) is 3.46. The van der Waals surface area contributed by atoms with Gasteiger partial charge in [-0.15, -0.1) is 0 Å². The second-order valence-corrected chi connectivity index (χ2v) is 5.42.